The number of carboxylic acid groups (broad SMARTS) is 6. The van der Waals surface area contributed by atoms with Gasteiger partial charge in [-0.05, 0) is 138 Å². The Hall–Kier alpha value is -16.1. The summed E-state index contributed by atoms with van der Waals surface area (Å²) in [6, 6.07) is 37.3. The van der Waals surface area contributed by atoms with Gasteiger partial charge in [0, 0.05) is 144 Å². The lowest BCUT2D eigenvalue weighted by molar-refractivity contribution is -0.140. The second-order valence-electron chi connectivity index (χ2n) is 31.5. The first-order chi connectivity index (χ1) is 64.2. The Balaban J connectivity index is 0.000000144. The zero-order valence-corrected chi connectivity index (χ0v) is 74.9. The smallest absolute Gasteiger partial charge is 0.341 e. The highest BCUT2D eigenvalue weighted by Gasteiger charge is 2.33. The third-order valence-electron chi connectivity index (χ3n) is 22.1. The highest BCUT2D eigenvalue weighted by molar-refractivity contribution is 9.10. The summed E-state index contributed by atoms with van der Waals surface area (Å²) in [5.41, 5.74) is 2.01. The number of nitrogens with one attached hydrogen (secondary N) is 4. The molecule has 12 N–H and O–H groups in total. The molecule has 1 amide bonds. The number of aliphatic carboxylic acids is 1. The molecule has 0 aliphatic carbocycles. The van der Waals surface area contributed by atoms with E-state index in [0.29, 0.717) is 121 Å². The van der Waals surface area contributed by atoms with E-state index in [9.17, 15) is 96.3 Å². The summed E-state index contributed by atoms with van der Waals surface area (Å²) in [5.74, 6) is -8.13. The van der Waals surface area contributed by atoms with Crippen molar-refractivity contribution in [2.24, 2.45) is 5.92 Å². The van der Waals surface area contributed by atoms with Crippen LogP contribution >= 0.6 is 15.9 Å². The van der Waals surface area contributed by atoms with E-state index in [1.807, 2.05) is 99.7 Å². The first-order valence-electron chi connectivity index (χ1n) is 41.6. The number of carbonyl (C=O) groups excluding carboxylic acids is 1. The molecule has 2 atom stereocenters. The number of nitrogens with zero attached hydrogens (tertiary/aromatic N) is 7. The number of aliphatic hydroxyl groups excluding tert-OH is 1. The number of rotatable bonds is 15. The highest BCUT2D eigenvalue weighted by Crippen LogP contribution is 2.43. The fourth-order valence-electron chi connectivity index (χ4n) is 15.0. The van der Waals surface area contributed by atoms with E-state index in [1.165, 1.54) is 49.3 Å². The van der Waals surface area contributed by atoms with E-state index in [1.54, 1.807) is 94.3 Å². The number of hydrogen-bond donors (Lipinski definition) is 12. The average Bonchev–Trinajstić information content (AvgIpc) is 1.04. The van der Waals surface area contributed by atoms with Crippen molar-refractivity contribution in [3.05, 3.63) is 326 Å². The Kier molecular flexibility index (Phi) is 30.4. The molecule has 1 saturated heterocycles. The summed E-state index contributed by atoms with van der Waals surface area (Å²) in [7, 11) is 2.02. The van der Waals surface area contributed by atoms with Crippen LogP contribution in [0.1, 0.15) is 131 Å². The number of aromatic nitrogens is 8. The number of fused-ring (bicyclic) bond motifs is 7. The molecule has 7 aromatic carbocycles. The number of ether oxygens (including phenoxy) is 3. The molecule has 39 heteroatoms. The number of aromatic amines is 3. The number of hydrogen-bond acceptors (Lipinski definition) is 22. The van der Waals surface area contributed by atoms with E-state index in [2.05, 4.69) is 46.1 Å². The van der Waals surface area contributed by atoms with Gasteiger partial charge in [0.1, 0.15) is 63.2 Å². The molecule has 8 aromatic heterocycles. The van der Waals surface area contributed by atoms with Gasteiger partial charge in [-0.1, -0.05) is 83.9 Å². The number of aryl methyl sites for hydroxylation is 4. The fourth-order valence-corrected chi connectivity index (χ4v) is 15.4. The fraction of sp³-hybridized carbons (Fsp3) is 0.219. The van der Waals surface area contributed by atoms with Crippen LogP contribution in [0.3, 0.4) is 0 Å². The molecule has 1 fully saturated rings. The number of halogens is 3. The van der Waals surface area contributed by atoms with Gasteiger partial charge in [0.15, 0.2) is 34.8 Å². The van der Waals surface area contributed by atoms with Crippen LogP contribution in [0.25, 0.3) is 76.5 Å². The van der Waals surface area contributed by atoms with E-state index in [4.69, 9.17) is 34.6 Å². The van der Waals surface area contributed by atoms with Crippen LogP contribution in [0.5, 0.6) is 17.2 Å². The van der Waals surface area contributed by atoms with Gasteiger partial charge in [-0.25, -0.2) is 42.5 Å². The summed E-state index contributed by atoms with van der Waals surface area (Å²) in [4.78, 5) is 180. The number of H-pyrrole nitrogens is 3. The minimum atomic E-state index is -1.79. The molecule has 135 heavy (non-hydrogen) atoms. The second kappa shape index (κ2) is 42.0. The number of likely N-dealkylation sites (N-methyl/N-ethyl adjacent to an activating group) is 1. The summed E-state index contributed by atoms with van der Waals surface area (Å²) < 4.78 is 52.0. The Morgan fingerprint density at radius 1 is 0.519 bits per heavy atom. The van der Waals surface area contributed by atoms with Crippen LogP contribution in [-0.2, 0) is 24.4 Å². The van der Waals surface area contributed by atoms with Gasteiger partial charge in [0.25, 0.3) is 5.91 Å². The summed E-state index contributed by atoms with van der Waals surface area (Å²) in [6.07, 6.45) is 7.40. The Morgan fingerprint density at radius 2 is 1.04 bits per heavy atom. The van der Waals surface area contributed by atoms with Crippen LogP contribution in [-0.4, -0.2) is 178 Å². The van der Waals surface area contributed by atoms with Crippen molar-refractivity contribution < 1.29 is 97.4 Å². The molecular weight excluding hydrogens is 1830 g/mol. The van der Waals surface area contributed by atoms with Crippen molar-refractivity contribution in [1.29, 1.82) is 0 Å². The van der Waals surface area contributed by atoms with E-state index >= 15 is 0 Å². The molecule has 0 bridgehead atoms. The maximum Gasteiger partial charge on any atom is 0.341 e. The standard InChI is InChI=1S/C22H22N2O4.C18H20FN3O4.C13H13NO5.C12H12N2O3.C11H9NO3.C10H6BrNO3.C10H6FNO3/c1-14(2)19(22(27)28)23-21(26)17-13-24(12-15-8-4-3-5-9-15)18-11-7-6-10-16(18)20(17)25;1-10-9-26-17-14-11(16(23)12(18(24)25)8-22(10)14)7-13(19)15(17)21-5-3-20(2)4-6-21;1-2-14-5-8(13(16)17)12(15)7-3-10-11(4-9(7)14)19-6-18-10;1-3-14-6-9(12(16)17)10(15)8-5-4-7(2)13-11(8)14;1-6-2-3-9-7(4-6)10(13)8(5-12-9)11(14)15;2*11-5-1-2-8-6(3-5)9(13)7(4-12-8)10(14)15/h3-11,13-14,19H,12H2,1-2H3,(H,23,26)(H,27,28);7-8,10H,3-6,9H2,1-2H3,(H,24,25);3-5,13,16-17H,2,6H2,1H3;4-6H,3H2,1-2H3,(H,16,17);2-5H,1H3,(H,12,13)(H,14,15);2*1-4H,(H,12,13)(H,14,15). The van der Waals surface area contributed by atoms with Crippen molar-refractivity contribution in [3.8, 4) is 17.2 Å². The molecule has 15 aromatic rings. The first-order valence-corrected chi connectivity index (χ1v) is 42.4. The number of amides is 1. The molecule has 698 valence electrons. The highest BCUT2D eigenvalue weighted by atomic mass is 79.9. The molecule has 3 aliphatic rings. The van der Waals surface area contributed by atoms with Gasteiger partial charge >= 0.3 is 35.8 Å². The monoisotopic (exact) mass is 1910 g/mol. The maximum absolute atomic E-state index is 15.0. The molecule has 18 rings (SSSR count). The number of carbonyl (C=O) groups is 7. The van der Waals surface area contributed by atoms with Gasteiger partial charge in [-0.15, -0.1) is 0 Å². The molecule has 11 heterocycles. The van der Waals surface area contributed by atoms with Crippen molar-refractivity contribution in [2.45, 2.75) is 86.5 Å². The first kappa shape index (κ1) is 97.9. The van der Waals surface area contributed by atoms with Crippen molar-refractivity contribution in [1.82, 2.24) is 48.4 Å². The average molecular weight is 1910 g/mol. The molecule has 0 spiro atoms. The third kappa shape index (κ3) is 21.6. The lowest BCUT2D eigenvalue weighted by Crippen LogP contribution is -2.45. The zero-order chi connectivity index (χ0) is 98.0. The van der Waals surface area contributed by atoms with Crippen molar-refractivity contribution in [2.75, 3.05) is 51.5 Å². The Labute approximate surface area is 769 Å². The van der Waals surface area contributed by atoms with Crippen LogP contribution in [0, 0.1) is 31.4 Å². The number of piperazine rings is 1. The van der Waals surface area contributed by atoms with Crippen LogP contribution in [0.2, 0.25) is 0 Å². The molecule has 3 aliphatic heterocycles. The zero-order valence-electron chi connectivity index (χ0n) is 73.3. The second-order valence-corrected chi connectivity index (χ2v) is 32.4. The summed E-state index contributed by atoms with van der Waals surface area (Å²) in [5, 5.41) is 76.8. The van der Waals surface area contributed by atoms with Crippen LogP contribution in [0.15, 0.2) is 221 Å². The van der Waals surface area contributed by atoms with Gasteiger partial charge < -0.3 is 103 Å². The lowest BCUT2D eigenvalue weighted by Gasteiger charge is -2.37. The largest absolute Gasteiger partial charge is 0.487 e. The maximum atomic E-state index is 15.0. The van der Waals surface area contributed by atoms with Gasteiger partial charge in [0.2, 0.25) is 39.4 Å². The quantitative estimate of drug-likeness (QED) is 0.0424. The predicted octanol–water partition coefficient (Wildman–Crippen LogP) is 11.5. The minimum absolute atomic E-state index is 0.0369. The number of pyridine rings is 8. The van der Waals surface area contributed by atoms with E-state index in [-0.39, 0.29) is 69.5 Å². The molecular formula is C96H88BrF2N11O25. The Bertz CT molecular complexity index is 7450. The topological polar surface area (TPSA) is 527 Å². The Morgan fingerprint density at radius 3 is 1.61 bits per heavy atom. The molecule has 0 saturated carbocycles. The number of aromatic carboxylic acids is 5. The van der Waals surface area contributed by atoms with Crippen LogP contribution in [0.4, 0.5) is 14.5 Å². The lowest BCUT2D eigenvalue weighted by atomic mass is 10.0. The van der Waals surface area contributed by atoms with Gasteiger partial charge in [-0.3, -0.25) is 38.4 Å². The van der Waals surface area contributed by atoms with Gasteiger partial charge in [-0.2, -0.15) is 0 Å². The number of aliphatic hydroxyl groups is 2. The van der Waals surface area contributed by atoms with E-state index in [0.717, 1.165) is 52.7 Å². The number of para-hydroxylation sites is 1. The van der Waals surface area contributed by atoms with E-state index < -0.39 is 109 Å². The third-order valence-corrected chi connectivity index (χ3v) is 22.6. The molecule has 0 radical (unpaired) electrons. The summed E-state index contributed by atoms with van der Waals surface area (Å²) in [6.45, 7) is 17.7. The van der Waals surface area contributed by atoms with Crippen LogP contribution < -0.4 is 62.4 Å². The van der Waals surface area contributed by atoms with Gasteiger partial charge in [0.05, 0.1) is 44.3 Å². The minimum Gasteiger partial charge on any atom is -0.487 e. The molecule has 2 unspecified atom stereocenters. The predicted molar refractivity (Wildman–Crippen MR) is 500 cm³/mol. The van der Waals surface area contributed by atoms with Crippen molar-refractivity contribution >= 4 is 140 Å². The molecule has 36 nitrogen and oxygen atoms in total. The number of carboxylic acids is 6. The normalized spacial score (nSPS) is 13.1. The summed E-state index contributed by atoms with van der Waals surface area (Å²) >= 11 is 3.23. The number of anilines is 1. The van der Waals surface area contributed by atoms with Crippen molar-refractivity contribution in [3.63, 3.8) is 0 Å². The number of benzene rings is 7. The SMILES string of the molecule is CC(C)C(NC(=O)c1cn(Cc2ccccc2)c2ccccc2c1=O)C(=O)O.CC1COc2c(N3CCN(C)CC3)c(F)cc3c(=O)c(C(=O)O)cn1c23.CCn1cc(C(=O)O)c(=O)c2ccc(C)nc21.CCn1cc(C(O)O)c(=O)c2cc3c(cc21)OCO3.Cc1ccc2[nH]cc(C(=O)O)c(=O)c2c1.O=C(O)c1c[nH]c2ccc(Br)cc2c1=O.O=C(O)c1c[nH]c2ccc(F)cc2c1=O.